The van der Waals surface area contributed by atoms with Crippen LogP contribution in [0.25, 0.3) is 0 Å². The molecule has 0 spiro atoms. The predicted molar refractivity (Wildman–Crippen MR) is 114 cm³/mol. The van der Waals surface area contributed by atoms with Crippen molar-refractivity contribution < 1.29 is 14.9 Å². The van der Waals surface area contributed by atoms with Crippen molar-refractivity contribution in [1.29, 1.82) is 0 Å². The Bertz CT molecular complexity index is 790. The molecular weight excluding hydrogens is 366 g/mol. The molecule has 0 amide bonds. The van der Waals surface area contributed by atoms with Crippen LogP contribution < -0.4 is 4.74 Å². The summed E-state index contributed by atoms with van der Waals surface area (Å²) in [6, 6.07) is 8.01. The van der Waals surface area contributed by atoms with E-state index in [0.29, 0.717) is 6.42 Å². The molecular formula is C23H35N3O3. The molecule has 0 saturated heterocycles. The van der Waals surface area contributed by atoms with Gasteiger partial charge in [0.1, 0.15) is 18.5 Å². The molecule has 1 aliphatic rings. The monoisotopic (exact) mass is 401 g/mol. The van der Waals surface area contributed by atoms with Crippen molar-refractivity contribution in [2.24, 2.45) is 7.05 Å². The summed E-state index contributed by atoms with van der Waals surface area (Å²) < 4.78 is 7.77. The fourth-order valence-corrected chi connectivity index (χ4v) is 4.01. The van der Waals surface area contributed by atoms with Gasteiger partial charge < -0.3 is 14.9 Å². The minimum absolute atomic E-state index is 0.110. The number of para-hydroxylation sites is 1. The highest BCUT2D eigenvalue weighted by Crippen LogP contribution is 2.22. The van der Waals surface area contributed by atoms with E-state index in [4.69, 9.17) is 4.74 Å². The van der Waals surface area contributed by atoms with Crippen molar-refractivity contribution in [2.75, 3.05) is 19.7 Å². The van der Waals surface area contributed by atoms with Crippen molar-refractivity contribution in [3.8, 4) is 5.75 Å². The maximum atomic E-state index is 10.5. The molecule has 0 saturated carbocycles. The van der Waals surface area contributed by atoms with E-state index in [0.717, 1.165) is 56.8 Å². The topological polar surface area (TPSA) is 70.8 Å². The highest BCUT2D eigenvalue weighted by Gasteiger charge is 2.21. The van der Waals surface area contributed by atoms with Crippen LogP contribution in [0.2, 0.25) is 0 Å². The Hall–Kier alpha value is -1.89. The van der Waals surface area contributed by atoms with E-state index in [-0.39, 0.29) is 6.61 Å². The molecule has 0 unspecified atom stereocenters. The van der Waals surface area contributed by atoms with Crippen molar-refractivity contribution in [3.05, 3.63) is 46.8 Å². The lowest BCUT2D eigenvalue weighted by Crippen LogP contribution is -2.36. The van der Waals surface area contributed by atoms with Gasteiger partial charge in [0, 0.05) is 31.4 Å². The van der Waals surface area contributed by atoms with Gasteiger partial charge in [0.2, 0.25) is 0 Å². The third-order valence-electron chi connectivity index (χ3n) is 6.03. The SMILES string of the molecule is Cc1nn(C)c(C)c1CN1CCCCCc2ccccc2OC[C@@H](O)[C@@H](O)CC1. The number of aliphatic hydroxyl groups is 2. The molecule has 0 fully saturated rings. The fourth-order valence-electron chi connectivity index (χ4n) is 4.01. The molecule has 0 bridgehead atoms. The minimum atomic E-state index is -0.894. The molecule has 2 aromatic rings. The smallest absolute Gasteiger partial charge is 0.122 e. The normalized spacial score (nSPS) is 22.5. The summed E-state index contributed by atoms with van der Waals surface area (Å²) >= 11 is 0. The molecule has 1 aliphatic heterocycles. The molecule has 2 heterocycles. The quantitative estimate of drug-likeness (QED) is 0.810. The van der Waals surface area contributed by atoms with E-state index in [1.165, 1.54) is 16.8 Å². The van der Waals surface area contributed by atoms with E-state index < -0.39 is 12.2 Å². The maximum absolute atomic E-state index is 10.5. The highest BCUT2D eigenvalue weighted by atomic mass is 16.5. The Kier molecular flexibility index (Phi) is 7.70. The molecule has 1 aromatic heterocycles. The molecule has 6 nitrogen and oxygen atoms in total. The molecule has 0 radical (unpaired) electrons. The number of aliphatic hydroxyl groups excluding tert-OH is 2. The average molecular weight is 402 g/mol. The van der Waals surface area contributed by atoms with Crippen LogP contribution >= 0.6 is 0 Å². The van der Waals surface area contributed by atoms with Crippen LogP contribution in [-0.4, -0.2) is 56.8 Å². The molecule has 2 N–H and O–H groups in total. The first kappa shape index (κ1) is 21.8. The Morgan fingerprint density at radius 2 is 1.86 bits per heavy atom. The van der Waals surface area contributed by atoms with Crippen LogP contribution in [0.4, 0.5) is 0 Å². The van der Waals surface area contributed by atoms with E-state index in [2.05, 4.69) is 29.9 Å². The summed E-state index contributed by atoms with van der Waals surface area (Å²) in [5.41, 5.74) is 4.69. The number of nitrogens with zero attached hydrogens (tertiary/aromatic N) is 3. The first-order valence-electron chi connectivity index (χ1n) is 10.7. The number of hydrogen-bond donors (Lipinski definition) is 2. The summed E-state index contributed by atoms with van der Waals surface area (Å²) in [4.78, 5) is 2.38. The highest BCUT2D eigenvalue weighted by molar-refractivity contribution is 5.33. The maximum Gasteiger partial charge on any atom is 0.122 e. The lowest BCUT2D eigenvalue weighted by Gasteiger charge is -2.26. The minimum Gasteiger partial charge on any atom is -0.491 e. The van der Waals surface area contributed by atoms with Gasteiger partial charge >= 0.3 is 0 Å². The summed E-state index contributed by atoms with van der Waals surface area (Å²) in [6.07, 6.45) is 3.17. The second kappa shape index (κ2) is 10.2. The Morgan fingerprint density at radius 1 is 1.07 bits per heavy atom. The third-order valence-corrected chi connectivity index (χ3v) is 6.03. The van der Waals surface area contributed by atoms with Crippen molar-refractivity contribution in [1.82, 2.24) is 14.7 Å². The van der Waals surface area contributed by atoms with Crippen LogP contribution in [0.15, 0.2) is 24.3 Å². The van der Waals surface area contributed by atoms with E-state index in [1.807, 2.05) is 29.9 Å². The van der Waals surface area contributed by atoms with Crippen LogP contribution in [0, 0.1) is 13.8 Å². The number of hydrogen-bond acceptors (Lipinski definition) is 5. The number of aromatic nitrogens is 2. The fraction of sp³-hybridized carbons (Fsp3) is 0.609. The lowest BCUT2D eigenvalue weighted by atomic mass is 10.0. The Morgan fingerprint density at radius 3 is 2.62 bits per heavy atom. The summed E-state index contributed by atoms with van der Waals surface area (Å²) in [7, 11) is 1.98. The second-order valence-corrected chi connectivity index (χ2v) is 8.20. The van der Waals surface area contributed by atoms with Gasteiger partial charge in [0.05, 0.1) is 11.8 Å². The number of benzene rings is 1. The Balaban J connectivity index is 1.69. The van der Waals surface area contributed by atoms with E-state index >= 15 is 0 Å². The van der Waals surface area contributed by atoms with Gasteiger partial charge in [-0.15, -0.1) is 0 Å². The summed E-state index contributed by atoms with van der Waals surface area (Å²) in [5, 5.41) is 25.4. The molecule has 160 valence electrons. The van der Waals surface area contributed by atoms with Crippen LogP contribution in [0.1, 0.15) is 48.2 Å². The predicted octanol–water partition coefficient (Wildman–Crippen LogP) is 2.76. The molecule has 2 atom stereocenters. The zero-order valence-corrected chi connectivity index (χ0v) is 18.0. The number of ether oxygens (including phenoxy) is 1. The molecule has 29 heavy (non-hydrogen) atoms. The largest absolute Gasteiger partial charge is 0.491 e. The van der Waals surface area contributed by atoms with Crippen LogP contribution in [0.5, 0.6) is 5.75 Å². The van der Waals surface area contributed by atoms with E-state index in [9.17, 15) is 10.2 Å². The zero-order valence-electron chi connectivity index (χ0n) is 18.0. The van der Waals surface area contributed by atoms with Gasteiger partial charge in [0.25, 0.3) is 0 Å². The first-order valence-corrected chi connectivity index (χ1v) is 10.7. The Labute approximate surface area is 174 Å². The number of aryl methyl sites for hydroxylation is 3. The lowest BCUT2D eigenvalue weighted by molar-refractivity contribution is -0.0163. The van der Waals surface area contributed by atoms with Crippen LogP contribution in [-0.2, 0) is 20.0 Å². The molecule has 0 aliphatic carbocycles. The van der Waals surface area contributed by atoms with Gasteiger partial charge in [-0.1, -0.05) is 24.6 Å². The average Bonchev–Trinajstić information content (AvgIpc) is 2.95. The van der Waals surface area contributed by atoms with Gasteiger partial charge in [-0.2, -0.15) is 5.10 Å². The van der Waals surface area contributed by atoms with Gasteiger partial charge in [-0.05, 0) is 57.7 Å². The summed E-state index contributed by atoms with van der Waals surface area (Å²) in [5.74, 6) is 0.819. The zero-order chi connectivity index (χ0) is 20.8. The number of fused-ring (bicyclic) bond motifs is 1. The van der Waals surface area contributed by atoms with Crippen molar-refractivity contribution in [2.45, 2.75) is 64.7 Å². The number of rotatable bonds is 2. The third kappa shape index (κ3) is 5.81. The molecule has 6 heteroatoms. The van der Waals surface area contributed by atoms with Gasteiger partial charge in [-0.25, -0.2) is 0 Å². The van der Waals surface area contributed by atoms with E-state index in [1.54, 1.807) is 0 Å². The second-order valence-electron chi connectivity index (χ2n) is 8.20. The van der Waals surface area contributed by atoms with Crippen LogP contribution in [0.3, 0.4) is 0 Å². The van der Waals surface area contributed by atoms with Crippen molar-refractivity contribution in [3.63, 3.8) is 0 Å². The van der Waals surface area contributed by atoms with Gasteiger partial charge in [-0.3, -0.25) is 9.58 Å². The molecule has 3 rings (SSSR count). The summed E-state index contributed by atoms with van der Waals surface area (Å²) in [6.45, 7) is 6.82. The van der Waals surface area contributed by atoms with Crippen molar-refractivity contribution >= 4 is 0 Å². The first-order chi connectivity index (χ1) is 14.0. The molecule has 1 aromatic carbocycles. The van der Waals surface area contributed by atoms with Gasteiger partial charge in [0.15, 0.2) is 0 Å². The standard InChI is InChI=1S/C23H35N3O3/c1-17-20(18(2)25(3)24-17)15-26-13-8-4-5-9-19-10-6-7-11-23(19)29-16-22(28)21(27)12-14-26/h6-7,10-11,21-22,27-28H,4-5,8-9,12-16H2,1-3H3/t21-,22+/m0/s1.